The SMILES string of the molecule is N#Cc1ccccc1COc1ccccc1/C=C1/SC(=O)N(CC(=O)N2CCCC2)C1=O. The van der Waals surface area contributed by atoms with Gasteiger partial charge in [0.2, 0.25) is 5.91 Å². The lowest BCUT2D eigenvalue weighted by Crippen LogP contribution is -2.40. The third-order valence-electron chi connectivity index (χ3n) is 5.35. The van der Waals surface area contributed by atoms with Gasteiger partial charge in [-0.05, 0) is 42.8 Å². The van der Waals surface area contributed by atoms with Crippen molar-refractivity contribution in [1.82, 2.24) is 9.80 Å². The first-order chi connectivity index (χ1) is 15.6. The Bertz CT molecular complexity index is 1130. The van der Waals surface area contributed by atoms with Crippen LogP contribution in [0.4, 0.5) is 4.79 Å². The monoisotopic (exact) mass is 447 g/mol. The zero-order valence-electron chi connectivity index (χ0n) is 17.3. The number of imide groups is 1. The van der Waals surface area contributed by atoms with E-state index in [0.717, 1.165) is 35.1 Å². The lowest BCUT2D eigenvalue weighted by molar-refractivity contribution is -0.135. The van der Waals surface area contributed by atoms with Crippen molar-refractivity contribution in [2.75, 3.05) is 19.6 Å². The Balaban J connectivity index is 1.49. The number of carbonyl (C=O) groups is 3. The Labute approximate surface area is 190 Å². The van der Waals surface area contributed by atoms with Crippen molar-refractivity contribution < 1.29 is 19.1 Å². The van der Waals surface area contributed by atoms with Gasteiger partial charge >= 0.3 is 0 Å². The highest BCUT2D eigenvalue weighted by molar-refractivity contribution is 8.18. The first kappa shape index (κ1) is 21.7. The summed E-state index contributed by atoms with van der Waals surface area (Å²) in [6, 6.07) is 16.5. The fourth-order valence-electron chi connectivity index (χ4n) is 3.62. The second-order valence-electron chi connectivity index (χ2n) is 7.45. The summed E-state index contributed by atoms with van der Waals surface area (Å²) >= 11 is 0.820. The van der Waals surface area contributed by atoms with Crippen molar-refractivity contribution in [3.05, 3.63) is 70.1 Å². The molecular formula is C24H21N3O4S. The number of likely N-dealkylation sites (tertiary alicyclic amines) is 1. The molecule has 0 N–H and O–H groups in total. The van der Waals surface area contributed by atoms with E-state index in [9.17, 15) is 19.6 Å². The zero-order valence-corrected chi connectivity index (χ0v) is 18.1. The quantitative estimate of drug-likeness (QED) is 0.626. The summed E-state index contributed by atoms with van der Waals surface area (Å²) in [5.41, 5.74) is 1.93. The van der Waals surface area contributed by atoms with E-state index in [2.05, 4.69) is 6.07 Å². The predicted molar refractivity (Wildman–Crippen MR) is 120 cm³/mol. The number of amides is 3. The molecule has 0 atom stereocenters. The maximum absolute atomic E-state index is 12.8. The molecule has 0 bridgehead atoms. The summed E-state index contributed by atoms with van der Waals surface area (Å²) in [7, 11) is 0. The Hall–Kier alpha value is -3.57. The van der Waals surface area contributed by atoms with Crippen molar-refractivity contribution in [1.29, 1.82) is 5.26 Å². The zero-order chi connectivity index (χ0) is 22.5. The van der Waals surface area contributed by atoms with Gasteiger partial charge in [-0.25, -0.2) is 0 Å². The number of nitrogens with zero attached hydrogens (tertiary/aromatic N) is 3. The summed E-state index contributed by atoms with van der Waals surface area (Å²) < 4.78 is 5.92. The molecule has 0 aliphatic carbocycles. The second kappa shape index (κ2) is 9.71. The van der Waals surface area contributed by atoms with Crippen LogP contribution in [0.2, 0.25) is 0 Å². The van der Waals surface area contributed by atoms with E-state index in [1.54, 1.807) is 35.2 Å². The van der Waals surface area contributed by atoms with E-state index in [1.807, 2.05) is 24.3 Å². The molecule has 2 saturated heterocycles. The molecule has 0 spiro atoms. The first-order valence-corrected chi connectivity index (χ1v) is 11.1. The average Bonchev–Trinajstić information content (AvgIpc) is 3.44. The first-order valence-electron chi connectivity index (χ1n) is 10.3. The molecule has 2 aliphatic heterocycles. The Kier molecular flexibility index (Phi) is 6.57. The van der Waals surface area contributed by atoms with Crippen LogP contribution in [-0.4, -0.2) is 46.5 Å². The number of para-hydroxylation sites is 1. The molecule has 2 aromatic rings. The topological polar surface area (TPSA) is 90.7 Å². The van der Waals surface area contributed by atoms with E-state index >= 15 is 0 Å². The lowest BCUT2D eigenvalue weighted by atomic mass is 10.1. The molecule has 2 fully saturated rings. The summed E-state index contributed by atoms with van der Waals surface area (Å²) in [6.45, 7) is 1.31. The third-order valence-corrected chi connectivity index (χ3v) is 6.26. The maximum atomic E-state index is 12.8. The average molecular weight is 448 g/mol. The normalized spacial score (nSPS) is 17.2. The van der Waals surface area contributed by atoms with Crippen LogP contribution in [0.3, 0.4) is 0 Å². The Morgan fingerprint density at radius 1 is 1.09 bits per heavy atom. The van der Waals surface area contributed by atoms with E-state index in [4.69, 9.17) is 4.74 Å². The van der Waals surface area contributed by atoms with Gasteiger partial charge in [0.1, 0.15) is 18.9 Å². The van der Waals surface area contributed by atoms with Gasteiger partial charge in [-0.3, -0.25) is 19.3 Å². The van der Waals surface area contributed by atoms with Crippen LogP contribution in [0.1, 0.15) is 29.5 Å². The van der Waals surface area contributed by atoms with Gasteiger partial charge in [-0.15, -0.1) is 0 Å². The number of ether oxygens (including phenoxy) is 1. The Morgan fingerprint density at radius 2 is 1.81 bits per heavy atom. The number of hydrogen-bond donors (Lipinski definition) is 0. The summed E-state index contributed by atoms with van der Waals surface area (Å²) in [5, 5.41) is 8.80. The maximum Gasteiger partial charge on any atom is 0.294 e. The molecule has 7 nitrogen and oxygen atoms in total. The molecule has 8 heteroatoms. The van der Waals surface area contributed by atoms with Crippen LogP contribution >= 0.6 is 11.8 Å². The van der Waals surface area contributed by atoms with Crippen molar-refractivity contribution in [2.24, 2.45) is 0 Å². The standard InChI is InChI=1S/C24H21N3O4S/c25-14-18-8-1-2-9-19(18)16-31-20-10-4-3-7-17(20)13-21-23(29)27(24(30)32-21)15-22(28)26-11-5-6-12-26/h1-4,7-10,13H,5-6,11-12,15-16H2/b21-13+. The summed E-state index contributed by atoms with van der Waals surface area (Å²) in [6.07, 6.45) is 3.50. The number of thioether (sulfide) groups is 1. The van der Waals surface area contributed by atoms with Gasteiger partial charge in [0.25, 0.3) is 11.1 Å². The van der Waals surface area contributed by atoms with Crippen molar-refractivity contribution in [2.45, 2.75) is 19.4 Å². The highest BCUT2D eigenvalue weighted by atomic mass is 32.2. The highest BCUT2D eigenvalue weighted by Crippen LogP contribution is 2.34. The van der Waals surface area contributed by atoms with Crippen LogP contribution < -0.4 is 4.74 Å². The van der Waals surface area contributed by atoms with Crippen LogP contribution in [0.15, 0.2) is 53.4 Å². The highest BCUT2D eigenvalue weighted by Gasteiger charge is 2.37. The van der Waals surface area contributed by atoms with Crippen LogP contribution in [0, 0.1) is 11.3 Å². The number of carbonyl (C=O) groups excluding carboxylic acids is 3. The van der Waals surface area contributed by atoms with Gasteiger partial charge in [0.05, 0.1) is 16.5 Å². The molecule has 32 heavy (non-hydrogen) atoms. The van der Waals surface area contributed by atoms with E-state index in [1.165, 1.54) is 0 Å². The van der Waals surface area contributed by atoms with Crippen molar-refractivity contribution in [3.63, 3.8) is 0 Å². The number of nitriles is 1. The second-order valence-corrected chi connectivity index (χ2v) is 8.44. The molecule has 2 aliphatic rings. The number of rotatable bonds is 6. The largest absolute Gasteiger partial charge is 0.488 e. The molecule has 2 aromatic carbocycles. The molecular weight excluding hydrogens is 426 g/mol. The van der Waals surface area contributed by atoms with Crippen LogP contribution in [0.25, 0.3) is 6.08 Å². The molecule has 0 saturated carbocycles. The van der Waals surface area contributed by atoms with Gasteiger partial charge in [-0.2, -0.15) is 5.26 Å². The lowest BCUT2D eigenvalue weighted by Gasteiger charge is -2.18. The van der Waals surface area contributed by atoms with E-state index in [0.29, 0.717) is 30.0 Å². The number of benzene rings is 2. The van der Waals surface area contributed by atoms with E-state index < -0.39 is 11.1 Å². The summed E-state index contributed by atoms with van der Waals surface area (Å²) in [4.78, 5) is 40.5. The van der Waals surface area contributed by atoms with Gasteiger partial charge < -0.3 is 9.64 Å². The number of hydrogen-bond acceptors (Lipinski definition) is 6. The fraction of sp³-hybridized carbons (Fsp3) is 0.250. The predicted octanol–water partition coefficient (Wildman–Crippen LogP) is 3.80. The molecule has 2 heterocycles. The van der Waals surface area contributed by atoms with Crippen LogP contribution in [-0.2, 0) is 16.2 Å². The molecule has 4 rings (SSSR count). The van der Waals surface area contributed by atoms with Crippen LogP contribution in [0.5, 0.6) is 5.75 Å². The van der Waals surface area contributed by atoms with Gasteiger partial charge in [-0.1, -0.05) is 36.4 Å². The van der Waals surface area contributed by atoms with Crippen molar-refractivity contribution in [3.8, 4) is 11.8 Å². The molecule has 0 radical (unpaired) electrons. The van der Waals surface area contributed by atoms with Gasteiger partial charge in [0.15, 0.2) is 0 Å². The molecule has 0 aromatic heterocycles. The molecule has 162 valence electrons. The minimum absolute atomic E-state index is 0.195. The molecule has 0 unspecified atom stereocenters. The minimum atomic E-state index is -0.475. The third kappa shape index (κ3) is 4.68. The fourth-order valence-corrected chi connectivity index (χ4v) is 4.45. The van der Waals surface area contributed by atoms with E-state index in [-0.39, 0.29) is 24.0 Å². The van der Waals surface area contributed by atoms with Crippen molar-refractivity contribution >= 4 is 34.9 Å². The van der Waals surface area contributed by atoms with Gasteiger partial charge in [0, 0.05) is 24.2 Å². The summed E-state index contributed by atoms with van der Waals surface area (Å²) in [5.74, 6) is -0.150. The molecule has 3 amide bonds. The Morgan fingerprint density at radius 3 is 2.59 bits per heavy atom. The smallest absolute Gasteiger partial charge is 0.294 e. The minimum Gasteiger partial charge on any atom is -0.488 e.